The van der Waals surface area contributed by atoms with Crippen LogP contribution in [0.3, 0.4) is 0 Å². The molecule has 0 aliphatic carbocycles. The lowest BCUT2D eigenvalue weighted by molar-refractivity contribution is -0.139. The van der Waals surface area contributed by atoms with Crippen LogP contribution in [0.2, 0.25) is 0 Å². The summed E-state index contributed by atoms with van der Waals surface area (Å²) in [5, 5.41) is 8.21. The molecule has 0 fully saturated rings. The standard InChI is InChI=1S/C20H22N4O5/c1-12-15(13(2)24(3)22-12)7-9-19(25)28-11-18-21-20(23-29-18)14-6-8-16(26-4)17(10-14)27-5/h6-10H,11H2,1-5H3/b9-7+. The van der Waals surface area contributed by atoms with E-state index in [0.717, 1.165) is 17.0 Å². The quantitative estimate of drug-likeness (QED) is 0.442. The number of benzene rings is 1. The van der Waals surface area contributed by atoms with E-state index in [4.69, 9.17) is 18.7 Å². The normalized spacial score (nSPS) is 11.1. The summed E-state index contributed by atoms with van der Waals surface area (Å²) in [6.07, 6.45) is 3.03. The zero-order valence-corrected chi connectivity index (χ0v) is 16.9. The van der Waals surface area contributed by atoms with Crippen LogP contribution in [-0.4, -0.2) is 40.1 Å². The summed E-state index contributed by atoms with van der Waals surface area (Å²) in [5.41, 5.74) is 3.37. The summed E-state index contributed by atoms with van der Waals surface area (Å²) in [6, 6.07) is 5.27. The Morgan fingerprint density at radius 1 is 1.21 bits per heavy atom. The molecule has 2 heterocycles. The second-order valence-corrected chi connectivity index (χ2v) is 6.23. The van der Waals surface area contributed by atoms with Crippen LogP contribution in [0.25, 0.3) is 17.5 Å². The van der Waals surface area contributed by atoms with E-state index in [1.165, 1.54) is 6.08 Å². The maximum Gasteiger partial charge on any atom is 0.331 e. The Morgan fingerprint density at radius 2 is 1.97 bits per heavy atom. The Labute approximate surface area is 167 Å². The van der Waals surface area contributed by atoms with Gasteiger partial charge in [0.2, 0.25) is 5.82 Å². The average molecular weight is 398 g/mol. The monoisotopic (exact) mass is 398 g/mol. The molecule has 0 atom stereocenters. The molecule has 0 aliphatic heterocycles. The first-order chi connectivity index (χ1) is 13.9. The third kappa shape index (κ3) is 4.45. The van der Waals surface area contributed by atoms with Crippen molar-refractivity contribution >= 4 is 12.0 Å². The zero-order chi connectivity index (χ0) is 21.0. The lowest BCUT2D eigenvalue weighted by atomic mass is 10.2. The van der Waals surface area contributed by atoms with Crippen molar-refractivity contribution in [3.05, 3.63) is 47.1 Å². The van der Waals surface area contributed by atoms with E-state index in [9.17, 15) is 4.79 Å². The minimum absolute atomic E-state index is 0.130. The number of aryl methyl sites for hydroxylation is 2. The van der Waals surface area contributed by atoms with Gasteiger partial charge in [0.15, 0.2) is 18.1 Å². The fourth-order valence-electron chi connectivity index (χ4n) is 2.77. The molecule has 9 nitrogen and oxygen atoms in total. The molecule has 0 aliphatic rings. The van der Waals surface area contributed by atoms with Gasteiger partial charge in [-0.05, 0) is 38.1 Å². The van der Waals surface area contributed by atoms with E-state index in [0.29, 0.717) is 22.9 Å². The summed E-state index contributed by atoms with van der Waals surface area (Å²) in [4.78, 5) is 16.2. The molecule has 1 aromatic carbocycles. The number of carbonyl (C=O) groups excluding carboxylic acids is 1. The Kier molecular flexibility index (Phi) is 5.96. The van der Waals surface area contributed by atoms with Crippen molar-refractivity contribution in [3.8, 4) is 22.9 Å². The van der Waals surface area contributed by atoms with Crippen molar-refractivity contribution in [2.24, 2.45) is 7.05 Å². The van der Waals surface area contributed by atoms with Gasteiger partial charge in [0.25, 0.3) is 5.89 Å². The Bertz CT molecular complexity index is 1050. The predicted octanol–water partition coefficient (Wildman–Crippen LogP) is 2.86. The van der Waals surface area contributed by atoms with E-state index < -0.39 is 5.97 Å². The zero-order valence-electron chi connectivity index (χ0n) is 16.9. The van der Waals surface area contributed by atoms with Gasteiger partial charge in [0, 0.05) is 29.9 Å². The van der Waals surface area contributed by atoms with E-state index in [1.807, 2.05) is 20.9 Å². The van der Waals surface area contributed by atoms with Gasteiger partial charge >= 0.3 is 5.97 Å². The number of esters is 1. The third-order valence-electron chi connectivity index (χ3n) is 4.40. The predicted molar refractivity (Wildman–Crippen MR) is 104 cm³/mol. The van der Waals surface area contributed by atoms with Gasteiger partial charge in [-0.3, -0.25) is 4.68 Å². The van der Waals surface area contributed by atoms with Crippen LogP contribution in [0.15, 0.2) is 28.8 Å². The molecular weight excluding hydrogens is 376 g/mol. The first kappa shape index (κ1) is 20.1. The van der Waals surface area contributed by atoms with Gasteiger partial charge in [-0.15, -0.1) is 0 Å². The number of aromatic nitrogens is 4. The molecule has 2 aromatic heterocycles. The molecular formula is C20H22N4O5. The highest BCUT2D eigenvalue weighted by Crippen LogP contribution is 2.31. The van der Waals surface area contributed by atoms with Crippen LogP contribution in [0.1, 0.15) is 22.8 Å². The molecule has 9 heteroatoms. The molecule has 0 unspecified atom stereocenters. The number of methoxy groups -OCH3 is 2. The second kappa shape index (κ2) is 8.59. The van der Waals surface area contributed by atoms with Crippen LogP contribution in [0, 0.1) is 13.8 Å². The number of hydrogen-bond acceptors (Lipinski definition) is 8. The Hall–Kier alpha value is -3.62. The minimum atomic E-state index is -0.515. The lowest BCUT2D eigenvalue weighted by Crippen LogP contribution is -2.01. The van der Waals surface area contributed by atoms with Crippen LogP contribution in [0.4, 0.5) is 0 Å². The molecule has 0 saturated heterocycles. The molecule has 152 valence electrons. The van der Waals surface area contributed by atoms with Crippen molar-refractivity contribution in [3.63, 3.8) is 0 Å². The van der Waals surface area contributed by atoms with E-state index in [-0.39, 0.29) is 12.5 Å². The van der Waals surface area contributed by atoms with Gasteiger partial charge in [-0.2, -0.15) is 10.1 Å². The van der Waals surface area contributed by atoms with Crippen molar-refractivity contribution in [1.82, 2.24) is 19.9 Å². The summed E-state index contributed by atoms with van der Waals surface area (Å²) in [5.74, 6) is 1.17. The summed E-state index contributed by atoms with van der Waals surface area (Å²) < 4.78 is 22.6. The maximum atomic E-state index is 12.0. The van der Waals surface area contributed by atoms with Crippen LogP contribution in [0.5, 0.6) is 11.5 Å². The van der Waals surface area contributed by atoms with E-state index in [1.54, 1.807) is 43.2 Å². The van der Waals surface area contributed by atoms with Crippen molar-refractivity contribution in [2.45, 2.75) is 20.5 Å². The molecule has 0 saturated carbocycles. The Morgan fingerprint density at radius 3 is 2.62 bits per heavy atom. The number of rotatable bonds is 7. The number of carbonyl (C=O) groups is 1. The highest BCUT2D eigenvalue weighted by Gasteiger charge is 2.13. The van der Waals surface area contributed by atoms with Gasteiger partial charge < -0.3 is 18.7 Å². The van der Waals surface area contributed by atoms with Crippen molar-refractivity contribution in [2.75, 3.05) is 14.2 Å². The summed E-state index contributed by atoms with van der Waals surface area (Å²) in [6.45, 7) is 3.68. The lowest BCUT2D eigenvalue weighted by Gasteiger charge is -2.07. The second-order valence-electron chi connectivity index (χ2n) is 6.23. The van der Waals surface area contributed by atoms with Gasteiger partial charge in [-0.1, -0.05) is 5.16 Å². The van der Waals surface area contributed by atoms with Crippen LogP contribution in [-0.2, 0) is 23.2 Å². The van der Waals surface area contributed by atoms with E-state index in [2.05, 4.69) is 15.2 Å². The fourth-order valence-corrected chi connectivity index (χ4v) is 2.77. The van der Waals surface area contributed by atoms with Crippen LogP contribution >= 0.6 is 0 Å². The molecule has 0 spiro atoms. The molecule has 0 N–H and O–H groups in total. The first-order valence-electron chi connectivity index (χ1n) is 8.83. The molecule has 3 rings (SSSR count). The molecule has 29 heavy (non-hydrogen) atoms. The minimum Gasteiger partial charge on any atom is -0.493 e. The number of nitrogens with zero attached hydrogens (tertiary/aromatic N) is 4. The largest absolute Gasteiger partial charge is 0.493 e. The Balaban J connectivity index is 1.63. The van der Waals surface area contributed by atoms with E-state index >= 15 is 0 Å². The molecule has 0 radical (unpaired) electrons. The summed E-state index contributed by atoms with van der Waals surface area (Å²) in [7, 11) is 4.96. The number of hydrogen-bond donors (Lipinski definition) is 0. The van der Waals surface area contributed by atoms with Crippen LogP contribution < -0.4 is 9.47 Å². The molecule has 0 amide bonds. The highest BCUT2D eigenvalue weighted by molar-refractivity contribution is 5.87. The highest BCUT2D eigenvalue weighted by atomic mass is 16.6. The fraction of sp³-hybridized carbons (Fsp3) is 0.300. The molecule has 0 bridgehead atoms. The summed E-state index contributed by atoms with van der Waals surface area (Å²) >= 11 is 0. The van der Waals surface area contributed by atoms with Crippen molar-refractivity contribution < 1.29 is 23.5 Å². The van der Waals surface area contributed by atoms with Gasteiger partial charge in [0.1, 0.15) is 0 Å². The molecule has 3 aromatic rings. The van der Waals surface area contributed by atoms with Gasteiger partial charge in [-0.25, -0.2) is 4.79 Å². The smallest absolute Gasteiger partial charge is 0.331 e. The van der Waals surface area contributed by atoms with Crippen molar-refractivity contribution in [1.29, 1.82) is 0 Å². The first-order valence-corrected chi connectivity index (χ1v) is 8.83. The third-order valence-corrected chi connectivity index (χ3v) is 4.40. The average Bonchev–Trinajstić information content (AvgIpc) is 3.29. The number of ether oxygens (including phenoxy) is 3. The topological polar surface area (TPSA) is 102 Å². The van der Waals surface area contributed by atoms with Gasteiger partial charge in [0.05, 0.1) is 19.9 Å². The maximum absolute atomic E-state index is 12.0. The SMILES string of the molecule is COc1ccc(-c2noc(COC(=O)/C=C/c3c(C)nn(C)c3C)n2)cc1OC.